The van der Waals surface area contributed by atoms with Gasteiger partial charge in [0.15, 0.2) is 0 Å². The largest absolute Gasteiger partial charge is 0.389 e. The quantitative estimate of drug-likeness (QED) is 0.185. The highest BCUT2D eigenvalue weighted by molar-refractivity contribution is 6.31. The highest BCUT2D eigenvalue weighted by atomic mass is 35.5. The van der Waals surface area contributed by atoms with Gasteiger partial charge in [-0.3, -0.25) is 0 Å². The van der Waals surface area contributed by atoms with Crippen molar-refractivity contribution in [2.24, 2.45) is 29.6 Å². The molecule has 0 radical (unpaired) electrons. The van der Waals surface area contributed by atoms with Gasteiger partial charge in [0.05, 0.1) is 6.10 Å². The van der Waals surface area contributed by atoms with Crippen LogP contribution in [-0.4, -0.2) is 11.2 Å². The molecular weight excluding hydrogens is 448 g/mol. The summed E-state index contributed by atoms with van der Waals surface area (Å²) < 4.78 is 0. The molecule has 0 aromatic carbocycles. The number of hydrogen-bond donors (Lipinski definition) is 1. The van der Waals surface area contributed by atoms with Crippen molar-refractivity contribution in [1.82, 2.24) is 0 Å². The van der Waals surface area contributed by atoms with Crippen LogP contribution >= 0.6 is 11.6 Å². The summed E-state index contributed by atoms with van der Waals surface area (Å²) in [7, 11) is 0. The molecule has 2 heteroatoms. The third kappa shape index (κ3) is 10.8. The zero-order valence-corrected chi connectivity index (χ0v) is 24.7. The van der Waals surface area contributed by atoms with Gasteiger partial charge in [-0.1, -0.05) is 113 Å². The highest BCUT2D eigenvalue weighted by Gasteiger charge is 2.30. The van der Waals surface area contributed by atoms with Gasteiger partial charge in [-0.05, 0) is 82.1 Å². The first-order chi connectivity index (χ1) is 16.7. The van der Waals surface area contributed by atoms with Gasteiger partial charge in [-0.2, -0.15) is 0 Å². The van der Waals surface area contributed by atoms with E-state index in [4.69, 9.17) is 11.6 Å². The fourth-order valence-corrected chi connectivity index (χ4v) is 6.26. The molecule has 0 spiro atoms. The summed E-state index contributed by atoms with van der Waals surface area (Å²) in [5.74, 6) is 2.65. The van der Waals surface area contributed by atoms with Crippen LogP contribution in [0.5, 0.6) is 0 Å². The van der Waals surface area contributed by atoms with E-state index in [1.54, 1.807) is 6.08 Å². The molecule has 0 saturated carbocycles. The summed E-state index contributed by atoms with van der Waals surface area (Å²) in [6.07, 6.45) is 22.1. The van der Waals surface area contributed by atoms with E-state index in [0.717, 1.165) is 43.1 Å². The number of aliphatic hydroxyl groups is 1. The second-order valence-corrected chi connectivity index (χ2v) is 11.4. The van der Waals surface area contributed by atoms with Gasteiger partial charge < -0.3 is 5.11 Å². The lowest BCUT2D eigenvalue weighted by molar-refractivity contribution is 0.196. The number of hydrogen-bond acceptors (Lipinski definition) is 1. The molecule has 1 aliphatic rings. The molecule has 0 aromatic rings. The third-order valence-electron chi connectivity index (χ3n) is 8.27. The molecule has 6 atom stereocenters. The molecule has 6 unspecified atom stereocenters. The monoisotopic (exact) mass is 502 g/mol. The van der Waals surface area contributed by atoms with Crippen LogP contribution in [0, 0.1) is 29.6 Å². The average Bonchev–Trinajstić information content (AvgIpc) is 2.83. The van der Waals surface area contributed by atoms with Crippen LogP contribution in [0.3, 0.4) is 0 Å². The molecule has 0 aliphatic heterocycles. The van der Waals surface area contributed by atoms with Gasteiger partial charge in [0.1, 0.15) is 0 Å². The minimum absolute atomic E-state index is 0.335. The highest BCUT2D eigenvalue weighted by Crippen LogP contribution is 2.43. The minimum Gasteiger partial charge on any atom is -0.389 e. The minimum atomic E-state index is -0.451. The maximum absolute atomic E-state index is 10.3. The zero-order valence-electron chi connectivity index (χ0n) is 24.0. The Bertz CT molecular complexity index is 740. The Morgan fingerprint density at radius 3 is 2.49 bits per heavy atom. The Hall–Kier alpha value is -1.05. The van der Waals surface area contributed by atoms with Crippen LogP contribution in [0.15, 0.2) is 58.7 Å². The summed E-state index contributed by atoms with van der Waals surface area (Å²) in [5, 5.41) is 11.1. The molecule has 1 rings (SSSR count). The number of allylic oxidation sites excluding steroid dienone is 8. The SMILES string of the molecule is C=CC(O)CC(C)C1=C(C)CC(C)C(CC)C(=CC(Cl)=CC)C(C=CCCCC(CC)CCC)C1. The van der Waals surface area contributed by atoms with E-state index in [1.165, 1.54) is 48.8 Å². The van der Waals surface area contributed by atoms with Crippen molar-refractivity contribution < 1.29 is 5.11 Å². The van der Waals surface area contributed by atoms with E-state index in [-0.39, 0.29) is 0 Å². The molecule has 1 aliphatic carbocycles. The molecule has 200 valence electrons. The maximum Gasteiger partial charge on any atom is 0.0723 e. The third-order valence-corrected chi connectivity index (χ3v) is 8.59. The van der Waals surface area contributed by atoms with Crippen molar-refractivity contribution in [3.8, 4) is 0 Å². The van der Waals surface area contributed by atoms with Crippen molar-refractivity contribution in [3.63, 3.8) is 0 Å². The van der Waals surface area contributed by atoms with E-state index in [9.17, 15) is 5.11 Å². The van der Waals surface area contributed by atoms with Crippen molar-refractivity contribution >= 4 is 11.6 Å². The van der Waals surface area contributed by atoms with Crippen LogP contribution in [-0.2, 0) is 0 Å². The fourth-order valence-electron chi connectivity index (χ4n) is 6.13. The predicted octanol–water partition coefficient (Wildman–Crippen LogP) is 10.6. The molecular formula is C33H55ClO. The van der Waals surface area contributed by atoms with Crippen molar-refractivity contribution in [3.05, 3.63) is 58.7 Å². The lowest BCUT2D eigenvalue weighted by atomic mass is 9.69. The van der Waals surface area contributed by atoms with E-state index in [2.05, 4.69) is 66.3 Å². The van der Waals surface area contributed by atoms with Crippen LogP contribution < -0.4 is 0 Å². The Balaban J connectivity index is 3.29. The van der Waals surface area contributed by atoms with Crippen LogP contribution in [0.25, 0.3) is 0 Å². The molecule has 0 heterocycles. The predicted molar refractivity (Wildman–Crippen MR) is 158 cm³/mol. The number of aliphatic hydroxyl groups excluding tert-OH is 1. The lowest BCUT2D eigenvalue weighted by Crippen LogP contribution is -2.24. The first-order valence-corrected chi connectivity index (χ1v) is 14.8. The Morgan fingerprint density at radius 1 is 1.20 bits per heavy atom. The molecule has 0 bridgehead atoms. The smallest absolute Gasteiger partial charge is 0.0723 e. The van der Waals surface area contributed by atoms with Crippen molar-refractivity contribution in [2.75, 3.05) is 0 Å². The molecule has 0 saturated heterocycles. The fraction of sp³-hybridized carbons (Fsp3) is 0.697. The number of unbranched alkanes of at least 4 members (excludes halogenated alkanes) is 1. The van der Waals surface area contributed by atoms with Crippen LogP contribution in [0.1, 0.15) is 113 Å². The number of rotatable bonds is 14. The summed E-state index contributed by atoms with van der Waals surface area (Å²) in [6, 6.07) is 0. The number of halogens is 1. The molecule has 0 fully saturated rings. The van der Waals surface area contributed by atoms with Crippen LogP contribution in [0.4, 0.5) is 0 Å². The summed E-state index contributed by atoms with van der Waals surface area (Å²) >= 11 is 6.61. The van der Waals surface area contributed by atoms with E-state index in [0.29, 0.717) is 23.7 Å². The molecule has 1 N–H and O–H groups in total. The molecule has 0 amide bonds. The summed E-state index contributed by atoms with van der Waals surface area (Å²) in [5.41, 5.74) is 4.51. The van der Waals surface area contributed by atoms with Gasteiger partial charge >= 0.3 is 0 Å². The second kappa shape index (κ2) is 17.4. The molecule has 0 aromatic heterocycles. The van der Waals surface area contributed by atoms with Gasteiger partial charge in [0.25, 0.3) is 0 Å². The van der Waals surface area contributed by atoms with E-state index in [1.807, 2.05) is 13.0 Å². The first kappa shape index (κ1) is 32.0. The van der Waals surface area contributed by atoms with Gasteiger partial charge in [0.2, 0.25) is 0 Å². The van der Waals surface area contributed by atoms with E-state index >= 15 is 0 Å². The van der Waals surface area contributed by atoms with E-state index < -0.39 is 6.10 Å². The molecule has 35 heavy (non-hydrogen) atoms. The topological polar surface area (TPSA) is 20.2 Å². The van der Waals surface area contributed by atoms with Crippen molar-refractivity contribution in [2.45, 2.75) is 119 Å². The average molecular weight is 503 g/mol. The Kier molecular flexibility index (Phi) is 15.9. The lowest BCUT2D eigenvalue weighted by Gasteiger charge is -2.36. The van der Waals surface area contributed by atoms with Crippen molar-refractivity contribution in [1.29, 1.82) is 0 Å². The Morgan fingerprint density at radius 2 is 1.91 bits per heavy atom. The normalized spacial score (nSPS) is 26.0. The van der Waals surface area contributed by atoms with Gasteiger partial charge in [-0.25, -0.2) is 0 Å². The maximum atomic E-state index is 10.3. The summed E-state index contributed by atoms with van der Waals surface area (Å²) in [4.78, 5) is 0. The Labute approximate surface area is 223 Å². The van der Waals surface area contributed by atoms with Gasteiger partial charge in [0, 0.05) is 11.0 Å². The zero-order chi connectivity index (χ0) is 26.4. The first-order valence-electron chi connectivity index (χ1n) is 14.4. The van der Waals surface area contributed by atoms with Crippen LogP contribution in [0.2, 0.25) is 0 Å². The van der Waals surface area contributed by atoms with Gasteiger partial charge in [-0.15, -0.1) is 6.58 Å². The second-order valence-electron chi connectivity index (χ2n) is 11.0. The molecule has 1 nitrogen and oxygen atoms in total. The summed E-state index contributed by atoms with van der Waals surface area (Å²) in [6.45, 7) is 19.8. The standard InChI is InChI=1S/C33H55ClO/c1-9-17-27(10-2)18-15-14-16-19-28-22-32(26(8)21-30(35)12-4)25(7)20-24(6)31(13-5)33(28)23-29(34)11-3/h11-12,16,19,23-24,26-28,30-31,35H,4,9-10,13-15,17-18,20-22H2,1-3,5-8H3.